The Morgan fingerprint density at radius 1 is 1.31 bits per heavy atom. The van der Waals surface area contributed by atoms with Crippen LogP contribution < -0.4 is 20.5 Å². The molecule has 0 bridgehead atoms. The number of amides is 1. The number of anilines is 2. The van der Waals surface area contributed by atoms with E-state index < -0.39 is 0 Å². The number of nitrogen functional groups attached to an aromatic ring is 1. The number of rotatable bonds is 4. The van der Waals surface area contributed by atoms with E-state index in [1.165, 1.54) is 11.3 Å². The molecular formula is C17H13ClN4O3S. The van der Waals surface area contributed by atoms with E-state index in [1.807, 2.05) is 11.4 Å². The number of carbonyl (C=O) groups is 1. The number of nitrogens with one attached hydrogen (secondary N) is 1. The number of hydrogen-bond donors (Lipinski definition) is 2. The summed E-state index contributed by atoms with van der Waals surface area (Å²) in [5.74, 6) is 1.36. The van der Waals surface area contributed by atoms with Gasteiger partial charge in [-0.05, 0) is 23.8 Å². The molecule has 4 rings (SSSR count). The fourth-order valence-electron chi connectivity index (χ4n) is 2.50. The molecule has 7 nitrogen and oxygen atoms in total. The van der Waals surface area contributed by atoms with Crippen LogP contribution in [0.2, 0.25) is 5.02 Å². The predicted molar refractivity (Wildman–Crippen MR) is 99.7 cm³/mol. The summed E-state index contributed by atoms with van der Waals surface area (Å²) < 4.78 is 10.6. The van der Waals surface area contributed by atoms with E-state index in [2.05, 4.69) is 15.3 Å². The highest BCUT2D eigenvalue weighted by Crippen LogP contribution is 2.37. The first kappa shape index (κ1) is 16.6. The molecule has 132 valence electrons. The van der Waals surface area contributed by atoms with Crippen molar-refractivity contribution in [2.24, 2.45) is 0 Å². The lowest BCUT2D eigenvalue weighted by molar-refractivity contribution is -0.115. The van der Waals surface area contributed by atoms with Crippen LogP contribution in [0.15, 0.2) is 35.8 Å². The van der Waals surface area contributed by atoms with Gasteiger partial charge >= 0.3 is 0 Å². The maximum Gasteiger partial charge on any atom is 0.231 e. The molecule has 2 aromatic heterocycles. The number of halogens is 1. The second kappa shape index (κ2) is 6.81. The molecule has 1 amide bonds. The summed E-state index contributed by atoms with van der Waals surface area (Å²) >= 11 is 7.54. The minimum absolute atomic E-state index is 0.104. The Bertz CT molecular complexity index is 992. The third-order valence-corrected chi connectivity index (χ3v) is 4.83. The lowest BCUT2D eigenvalue weighted by Crippen LogP contribution is -2.14. The van der Waals surface area contributed by atoms with Crippen LogP contribution in [0, 0.1) is 0 Å². The number of nitrogens with two attached hydrogens (primary N) is 1. The maximum absolute atomic E-state index is 12.3. The van der Waals surface area contributed by atoms with Crippen LogP contribution >= 0.6 is 22.9 Å². The van der Waals surface area contributed by atoms with Crippen molar-refractivity contribution < 1.29 is 14.3 Å². The van der Waals surface area contributed by atoms with Crippen LogP contribution in [-0.4, -0.2) is 22.7 Å². The van der Waals surface area contributed by atoms with E-state index in [0.29, 0.717) is 33.0 Å². The summed E-state index contributed by atoms with van der Waals surface area (Å²) in [4.78, 5) is 20.7. The molecule has 0 unspecified atom stereocenters. The van der Waals surface area contributed by atoms with Crippen molar-refractivity contribution >= 4 is 39.8 Å². The normalized spacial score (nSPS) is 12.2. The van der Waals surface area contributed by atoms with Crippen molar-refractivity contribution in [2.75, 3.05) is 17.8 Å². The standard InChI is InChI=1S/C17H13ClN4O3S/c18-11-6-14-13(24-8-25-14)3-10(11)5-16(23)22-17-21-12(7-26-17)9-1-2-20-15(19)4-9/h1-4,6-7H,5,8H2,(H2,19,20)(H,21,22,23). The first-order valence-corrected chi connectivity index (χ1v) is 8.89. The van der Waals surface area contributed by atoms with Crippen LogP contribution in [0.4, 0.5) is 10.9 Å². The number of hydrogen-bond acceptors (Lipinski definition) is 7. The van der Waals surface area contributed by atoms with E-state index in [-0.39, 0.29) is 19.1 Å². The molecule has 9 heteroatoms. The van der Waals surface area contributed by atoms with Crippen molar-refractivity contribution in [3.63, 3.8) is 0 Å². The lowest BCUT2D eigenvalue weighted by atomic mass is 10.1. The number of pyridine rings is 1. The molecule has 0 fully saturated rings. The van der Waals surface area contributed by atoms with Crippen LogP contribution in [0.5, 0.6) is 11.5 Å². The minimum Gasteiger partial charge on any atom is -0.454 e. The molecule has 1 aliphatic heterocycles. The van der Waals surface area contributed by atoms with E-state index in [0.717, 1.165) is 11.3 Å². The Morgan fingerprint density at radius 2 is 2.12 bits per heavy atom. The second-order valence-electron chi connectivity index (χ2n) is 5.53. The average molecular weight is 389 g/mol. The molecule has 0 aliphatic carbocycles. The van der Waals surface area contributed by atoms with Gasteiger partial charge in [0, 0.05) is 28.2 Å². The van der Waals surface area contributed by atoms with Gasteiger partial charge in [0.25, 0.3) is 0 Å². The van der Waals surface area contributed by atoms with Gasteiger partial charge in [0.15, 0.2) is 16.6 Å². The van der Waals surface area contributed by atoms with Crippen molar-refractivity contribution in [1.82, 2.24) is 9.97 Å². The van der Waals surface area contributed by atoms with Gasteiger partial charge in [-0.2, -0.15) is 0 Å². The van der Waals surface area contributed by atoms with Crippen LogP contribution in [0.3, 0.4) is 0 Å². The van der Waals surface area contributed by atoms with Gasteiger partial charge in [-0.3, -0.25) is 4.79 Å². The smallest absolute Gasteiger partial charge is 0.231 e. The molecule has 0 atom stereocenters. The second-order valence-corrected chi connectivity index (χ2v) is 6.79. The Labute approximate surface area is 157 Å². The summed E-state index contributed by atoms with van der Waals surface area (Å²) in [7, 11) is 0. The third kappa shape index (κ3) is 3.42. The third-order valence-electron chi connectivity index (χ3n) is 3.72. The summed E-state index contributed by atoms with van der Waals surface area (Å²) in [6, 6.07) is 6.91. The number of thiazole rings is 1. The Morgan fingerprint density at radius 3 is 2.92 bits per heavy atom. The fraction of sp³-hybridized carbons (Fsp3) is 0.118. The van der Waals surface area contributed by atoms with Crippen LogP contribution in [-0.2, 0) is 11.2 Å². The zero-order chi connectivity index (χ0) is 18.1. The molecule has 1 aliphatic rings. The molecule has 26 heavy (non-hydrogen) atoms. The zero-order valence-electron chi connectivity index (χ0n) is 13.4. The molecule has 0 radical (unpaired) electrons. The fourth-order valence-corrected chi connectivity index (χ4v) is 3.46. The van der Waals surface area contributed by atoms with Gasteiger partial charge in [0.1, 0.15) is 5.82 Å². The van der Waals surface area contributed by atoms with Gasteiger partial charge in [-0.1, -0.05) is 11.6 Å². The summed E-state index contributed by atoms with van der Waals surface area (Å²) in [5, 5.41) is 5.58. The van der Waals surface area contributed by atoms with Crippen molar-refractivity contribution in [3.05, 3.63) is 46.4 Å². The van der Waals surface area contributed by atoms with E-state index >= 15 is 0 Å². The minimum atomic E-state index is -0.221. The van der Waals surface area contributed by atoms with Gasteiger partial charge in [-0.15, -0.1) is 11.3 Å². The van der Waals surface area contributed by atoms with Crippen molar-refractivity contribution in [2.45, 2.75) is 6.42 Å². The predicted octanol–water partition coefficient (Wildman–Crippen LogP) is 3.35. The average Bonchev–Trinajstić information content (AvgIpc) is 3.24. The first-order chi connectivity index (χ1) is 12.6. The monoisotopic (exact) mass is 388 g/mol. The lowest BCUT2D eigenvalue weighted by Gasteiger charge is -2.06. The Hall–Kier alpha value is -2.84. The summed E-state index contributed by atoms with van der Waals surface area (Å²) in [6.45, 7) is 0.155. The number of fused-ring (bicyclic) bond motifs is 1. The molecule has 0 saturated heterocycles. The Balaban J connectivity index is 1.46. The summed E-state index contributed by atoms with van der Waals surface area (Å²) in [5.41, 5.74) is 7.91. The topological polar surface area (TPSA) is 99.4 Å². The molecular weight excluding hydrogens is 376 g/mol. The molecule has 0 spiro atoms. The van der Waals surface area contributed by atoms with E-state index in [1.54, 1.807) is 24.4 Å². The Kier molecular flexibility index (Phi) is 4.36. The highest BCUT2D eigenvalue weighted by Gasteiger charge is 2.18. The van der Waals surface area contributed by atoms with Gasteiger partial charge < -0.3 is 20.5 Å². The van der Waals surface area contributed by atoms with Crippen LogP contribution in [0.25, 0.3) is 11.3 Å². The largest absolute Gasteiger partial charge is 0.454 e. The molecule has 3 heterocycles. The zero-order valence-corrected chi connectivity index (χ0v) is 14.9. The SMILES string of the molecule is Nc1cc(-c2csc(NC(=O)Cc3cc4c(cc3Cl)OCO4)n2)ccn1. The molecule has 1 aromatic carbocycles. The molecule has 3 N–H and O–H groups in total. The first-order valence-electron chi connectivity index (χ1n) is 7.64. The number of aromatic nitrogens is 2. The number of ether oxygens (including phenoxy) is 2. The summed E-state index contributed by atoms with van der Waals surface area (Å²) in [6.07, 6.45) is 1.72. The maximum atomic E-state index is 12.3. The van der Waals surface area contributed by atoms with Crippen molar-refractivity contribution in [3.8, 4) is 22.8 Å². The van der Waals surface area contributed by atoms with Crippen LogP contribution in [0.1, 0.15) is 5.56 Å². The van der Waals surface area contributed by atoms with Gasteiger partial charge in [0.2, 0.25) is 12.7 Å². The molecule has 0 saturated carbocycles. The quantitative estimate of drug-likeness (QED) is 0.711. The van der Waals surface area contributed by atoms with E-state index in [4.69, 9.17) is 26.8 Å². The molecule has 3 aromatic rings. The van der Waals surface area contributed by atoms with Gasteiger partial charge in [-0.25, -0.2) is 9.97 Å². The van der Waals surface area contributed by atoms with Gasteiger partial charge in [0.05, 0.1) is 12.1 Å². The number of nitrogens with zero attached hydrogens (tertiary/aromatic N) is 2. The number of carbonyl (C=O) groups excluding carboxylic acids is 1. The van der Waals surface area contributed by atoms with Crippen molar-refractivity contribution in [1.29, 1.82) is 0 Å². The highest BCUT2D eigenvalue weighted by atomic mass is 35.5. The van der Waals surface area contributed by atoms with E-state index in [9.17, 15) is 4.79 Å². The number of benzene rings is 1. The highest BCUT2D eigenvalue weighted by molar-refractivity contribution is 7.14.